The molecule has 0 aliphatic rings. The molecule has 0 unspecified atom stereocenters. The van der Waals surface area contributed by atoms with Crippen LogP contribution in [0.15, 0.2) is 57.8 Å². The second-order valence-electron chi connectivity index (χ2n) is 6.62. The quantitative estimate of drug-likeness (QED) is 0.538. The number of rotatable bonds is 9. The van der Waals surface area contributed by atoms with Crippen LogP contribution in [0, 0.1) is 11.3 Å². The molecule has 0 aliphatic carbocycles. The molecule has 0 saturated carbocycles. The molecule has 3 rings (SSSR count). The molecule has 0 amide bonds. The molecule has 31 heavy (non-hydrogen) atoms. The van der Waals surface area contributed by atoms with Crippen LogP contribution < -0.4 is 10.1 Å². The Morgan fingerprint density at radius 3 is 2.29 bits per heavy atom. The monoisotopic (exact) mass is 440 g/mol. The number of methoxy groups -OCH3 is 1. The van der Waals surface area contributed by atoms with Crippen LogP contribution in [0.1, 0.15) is 25.1 Å². The summed E-state index contributed by atoms with van der Waals surface area (Å²) in [6.45, 7) is 4.83. The van der Waals surface area contributed by atoms with Crippen molar-refractivity contribution in [3.63, 3.8) is 0 Å². The van der Waals surface area contributed by atoms with Crippen molar-refractivity contribution in [3.8, 4) is 23.3 Å². The molecule has 1 heterocycles. The summed E-state index contributed by atoms with van der Waals surface area (Å²) in [5, 5.41) is 12.5. The average molecular weight is 441 g/mol. The normalized spacial score (nSPS) is 11.3. The van der Waals surface area contributed by atoms with Crippen LogP contribution in [0.5, 0.6) is 5.75 Å². The first-order valence-electron chi connectivity index (χ1n) is 9.81. The number of sulfonamides is 1. The van der Waals surface area contributed by atoms with E-state index in [0.29, 0.717) is 25.2 Å². The lowest BCUT2D eigenvalue weighted by Crippen LogP contribution is -2.30. The molecule has 0 fully saturated rings. The van der Waals surface area contributed by atoms with Gasteiger partial charge in [0.25, 0.3) is 0 Å². The van der Waals surface area contributed by atoms with Gasteiger partial charge in [0.15, 0.2) is 0 Å². The number of hydrogen-bond acceptors (Lipinski definition) is 7. The van der Waals surface area contributed by atoms with Crippen molar-refractivity contribution >= 4 is 15.9 Å². The lowest BCUT2D eigenvalue weighted by atomic mass is 10.2. The third-order valence-corrected chi connectivity index (χ3v) is 6.85. The largest absolute Gasteiger partial charge is 0.497 e. The highest BCUT2D eigenvalue weighted by atomic mass is 32.2. The Hall–Kier alpha value is -3.35. The predicted octanol–water partition coefficient (Wildman–Crippen LogP) is 3.86. The molecule has 1 aromatic heterocycles. The molecule has 8 nitrogen and oxygen atoms in total. The van der Waals surface area contributed by atoms with Crippen LogP contribution in [0.4, 0.5) is 5.88 Å². The van der Waals surface area contributed by atoms with E-state index in [-0.39, 0.29) is 22.4 Å². The maximum atomic E-state index is 12.6. The van der Waals surface area contributed by atoms with Gasteiger partial charge in [0.2, 0.25) is 27.5 Å². The molecule has 0 spiro atoms. The van der Waals surface area contributed by atoms with Crippen LogP contribution >= 0.6 is 0 Å². The highest BCUT2D eigenvalue weighted by molar-refractivity contribution is 7.89. The van der Waals surface area contributed by atoms with Crippen LogP contribution in [0.3, 0.4) is 0 Å². The predicted molar refractivity (Wildman–Crippen MR) is 117 cm³/mol. The van der Waals surface area contributed by atoms with Crippen LogP contribution in [0.25, 0.3) is 11.5 Å². The van der Waals surface area contributed by atoms with Gasteiger partial charge in [0, 0.05) is 25.2 Å². The molecular weight excluding hydrogens is 416 g/mol. The third-order valence-electron chi connectivity index (χ3n) is 4.79. The van der Waals surface area contributed by atoms with E-state index in [1.54, 1.807) is 33.1 Å². The minimum atomic E-state index is -3.54. The maximum Gasteiger partial charge on any atom is 0.243 e. The molecule has 0 atom stereocenters. The highest BCUT2D eigenvalue weighted by Gasteiger charge is 2.22. The Kier molecular flexibility index (Phi) is 6.95. The lowest BCUT2D eigenvalue weighted by molar-refractivity contribution is 0.414. The Labute approximate surface area is 182 Å². The Morgan fingerprint density at radius 1 is 1.10 bits per heavy atom. The molecule has 162 valence electrons. The average Bonchev–Trinajstić information content (AvgIpc) is 3.22. The van der Waals surface area contributed by atoms with E-state index < -0.39 is 10.0 Å². The first-order valence-corrected chi connectivity index (χ1v) is 11.2. The van der Waals surface area contributed by atoms with Gasteiger partial charge in [0.1, 0.15) is 11.8 Å². The molecule has 2 aromatic carbocycles. The van der Waals surface area contributed by atoms with E-state index >= 15 is 0 Å². The summed E-state index contributed by atoms with van der Waals surface area (Å²) >= 11 is 0. The molecule has 9 heteroatoms. The summed E-state index contributed by atoms with van der Waals surface area (Å²) in [6, 6.07) is 15.8. The number of anilines is 1. The number of oxazole rings is 1. The summed E-state index contributed by atoms with van der Waals surface area (Å²) < 4.78 is 37.5. The van der Waals surface area contributed by atoms with Crippen LogP contribution in [-0.2, 0) is 16.6 Å². The molecule has 0 saturated heterocycles. The van der Waals surface area contributed by atoms with Gasteiger partial charge < -0.3 is 14.5 Å². The number of benzene rings is 2. The summed E-state index contributed by atoms with van der Waals surface area (Å²) in [6.07, 6.45) is 0. The van der Waals surface area contributed by atoms with Gasteiger partial charge in [-0.3, -0.25) is 0 Å². The Morgan fingerprint density at radius 2 is 1.74 bits per heavy atom. The zero-order valence-corrected chi connectivity index (χ0v) is 18.4. The fourth-order valence-electron chi connectivity index (χ4n) is 3.05. The van der Waals surface area contributed by atoms with E-state index in [2.05, 4.69) is 10.3 Å². The molecule has 1 N–H and O–H groups in total. The van der Waals surface area contributed by atoms with E-state index in [9.17, 15) is 13.7 Å². The van der Waals surface area contributed by atoms with Gasteiger partial charge in [0.05, 0.1) is 12.0 Å². The Bertz CT molecular complexity index is 1160. The number of ether oxygens (including phenoxy) is 1. The van der Waals surface area contributed by atoms with Crippen molar-refractivity contribution in [1.29, 1.82) is 5.26 Å². The summed E-state index contributed by atoms with van der Waals surface area (Å²) in [5.74, 6) is 1.25. The first kappa shape index (κ1) is 22.3. The third kappa shape index (κ3) is 4.87. The van der Waals surface area contributed by atoms with Gasteiger partial charge in [-0.2, -0.15) is 14.6 Å². The minimum absolute atomic E-state index is 0.128. The highest BCUT2D eigenvalue weighted by Crippen LogP contribution is 2.27. The molecular formula is C22H24N4O4S. The van der Waals surface area contributed by atoms with Crippen molar-refractivity contribution < 1.29 is 17.6 Å². The first-order chi connectivity index (χ1) is 14.9. The zero-order valence-electron chi connectivity index (χ0n) is 17.6. The van der Waals surface area contributed by atoms with Crippen LogP contribution in [-0.4, -0.2) is 37.9 Å². The summed E-state index contributed by atoms with van der Waals surface area (Å²) in [4.78, 5) is 4.43. The molecule has 0 aliphatic heterocycles. The van der Waals surface area contributed by atoms with Crippen molar-refractivity contribution in [3.05, 3.63) is 59.8 Å². The molecule has 0 radical (unpaired) electrons. The Balaban J connectivity index is 1.79. The molecule has 3 aromatic rings. The SMILES string of the molecule is CCN(CC)S(=O)(=O)c1ccc(-c2nc(C#N)c(NCc3ccc(OC)cc3)o2)cc1. The summed E-state index contributed by atoms with van der Waals surface area (Å²) in [7, 11) is -1.94. The molecule has 0 bridgehead atoms. The fourth-order valence-corrected chi connectivity index (χ4v) is 4.51. The summed E-state index contributed by atoms with van der Waals surface area (Å²) in [5.41, 5.74) is 1.68. The maximum absolute atomic E-state index is 12.6. The van der Waals surface area contributed by atoms with E-state index in [4.69, 9.17) is 9.15 Å². The van der Waals surface area contributed by atoms with Gasteiger partial charge >= 0.3 is 0 Å². The number of aromatic nitrogens is 1. The number of nitrogens with zero attached hydrogens (tertiary/aromatic N) is 3. The second kappa shape index (κ2) is 9.64. The van der Waals surface area contributed by atoms with E-state index in [1.807, 2.05) is 30.3 Å². The van der Waals surface area contributed by atoms with Crippen molar-refractivity contribution in [2.45, 2.75) is 25.3 Å². The van der Waals surface area contributed by atoms with Gasteiger partial charge in [-0.1, -0.05) is 26.0 Å². The van der Waals surface area contributed by atoms with Gasteiger partial charge in [-0.25, -0.2) is 8.42 Å². The second-order valence-corrected chi connectivity index (χ2v) is 8.56. The standard InChI is InChI=1S/C22H24N4O4S/c1-4-26(5-2)31(27,28)19-12-8-17(9-13-19)21-25-20(14-23)22(30-21)24-15-16-6-10-18(29-3)11-7-16/h6-13,24H,4-5,15H2,1-3H3. The van der Waals surface area contributed by atoms with Gasteiger partial charge in [-0.15, -0.1) is 0 Å². The van der Waals surface area contributed by atoms with Crippen molar-refractivity contribution in [2.24, 2.45) is 0 Å². The van der Waals surface area contributed by atoms with E-state index in [0.717, 1.165) is 11.3 Å². The number of nitriles is 1. The van der Waals surface area contributed by atoms with Gasteiger partial charge in [-0.05, 0) is 42.0 Å². The zero-order chi connectivity index (χ0) is 22.4. The smallest absolute Gasteiger partial charge is 0.243 e. The lowest BCUT2D eigenvalue weighted by Gasteiger charge is -2.18. The van der Waals surface area contributed by atoms with E-state index in [1.165, 1.54) is 16.4 Å². The van der Waals surface area contributed by atoms with Crippen LogP contribution in [0.2, 0.25) is 0 Å². The number of hydrogen-bond donors (Lipinski definition) is 1. The number of nitrogens with one attached hydrogen (secondary N) is 1. The topological polar surface area (TPSA) is 108 Å². The minimum Gasteiger partial charge on any atom is -0.497 e. The fraction of sp³-hybridized carbons (Fsp3) is 0.273. The van der Waals surface area contributed by atoms with Crippen molar-refractivity contribution in [2.75, 3.05) is 25.5 Å². The van der Waals surface area contributed by atoms with Crippen molar-refractivity contribution in [1.82, 2.24) is 9.29 Å².